The standard InChI is InChI=1S/C15H19F/c1-11-6-7-12(9-14(11)16)15-8-4-2-3-5-13(15)10-15/h6-7,9,13H,2-5,8,10H2,1H3/t13-,15?/m1/s1. The van der Waals surface area contributed by atoms with Crippen LogP contribution in [0.1, 0.15) is 49.7 Å². The van der Waals surface area contributed by atoms with Crippen LogP contribution < -0.4 is 0 Å². The first-order valence-corrected chi connectivity index (χ1v) is 6.49. The molecule has 86 valence electrons. The molecule has 0 radical (unpaired) electrons. The van der Waals surface area contributed by atoms with Crippen molar-refractivity contribution in [1.29, 1.82) is 0 Å². The Balaban J connectivity index is 1.94. The summed E-state index contributed by atoms with van der Waals surface area (Å²) in [6, 6.07) is 5.89. The first-order chi connectivity index (χ1) is 7.72. The zero-order valence-corrected chi connectivity index (χ0v) is 9.93. The fourth-order valence-electron chi connectivity index (χ4n) is 3.47. The van der Waals surface area contributed by atoms with Crippen LogP contribution >= 0.6 is 0 Å². The molecule has 0 spiro atoms. The number of fused-ring (bicyclic) bond motifs is 1. The Morgan fingerprint density at radius 2 is 2.12 bits per heavy atom. The summed E-state index contributed by atoms with van der Waals surface area (Å²) >= 11 is 0. The molecule has 0 N–H and O–H groups in total. The third kappa shape index (κ3) is 1.49. The zero-order valence-electron chi connectivity index (χ0n) is 9.93. The SMILES string of the molecule is Cc1ccc(C23CCCCC[C@@H]2C3)cc1F. The van der Waals surface area contributed by atoms with Gasteiger partial charge < -0.3 is 0 Å². The molecule has 1 heteroatoms. The molecule has 2 saturated carbocycles. The van der Waals surface area contributed by atoms with Crippen molar-refractivity contribution in [3.8, 4) is 0 Å². The Kier molecular flexibility index (Phi) is 2.31. The molecule has 1 aromatic carbocycles. The van der Waals surface area contributed by atoms with Gasteiger partial charge in [0.25, 0.3) is 0 Å². The van der Waals surface area contributed by atoms with Gasteiger partial charge in [0, 0.05) is 0 Å². The second-order valence-electron chi connectivity index (χ2n) is 5.62. The fourth-order valence-corrected chi connectivity index (χ4v) is 3.47. The number of rotatable bonds is 1. The molecule has 1 unspecified atom stereocenters. The van der Waals surface area contributed by atoms with Crippen molar-refractivity contribution >= 4 is 0 Å². The molecule has 1 aromatic rings. The first-order valence-electron chi connectivity index (χ1n) is 6.49. The van der Waals surface area contributed by atoms with Crippen LogP contribution in [0.3, 0.4) is 0 Å². The van der Waals surface area contributed by atoms with Crippen molar-refractivity contribution in [3.05, 3.63) is 35.1 Å². The van der Waals surface area contributed by atoms with Crippen molar-refractivity contribution in [2.75, 3.05) is 0 Å². The predicted molar refractivity (Wildman–Crippen MR) is 64.0 cm³/mol. The highest BCUT2D eigenvalue weighted by Gasteiger charge is 2.54. The third-order valence-electron chi connectivity index (χ3n) is 4.65. The number of aryl methyl sites for hydroxylation is 1. The van der Waals surface area contributed by atoms with Gasteiger partial charge in [-0.2, -0.15) is 0 Å². The van der Waals surface area contributed by atoms with Gasteiger partial charge in [-0.3, -0.25) is 0 Å². The largest absolute Gasteiger partial charge is 0.207 e. The molecular formula is C15H19F. The van der Waals surface area contributed by atoms with Crippen LogP contribution in [0.2, 0.25) is 0 Å². The highest BCUT2D eigenvalue weighted by Crippen LogP contribution is 2.61. The van der Waals surface area contributed by atoms with Crippen LogP contribution in [-0.4, -0.2) is 0 Å². The summed E-state index contributed by atoms with van der Waals surface area (Å²) < 4.78 is 13.6. The van der Waals surface area contributed by atoms with E-state index in [2.05, 4.69) is 6.07 Å². The molecule has 2 aliphatic rings. The van der Waals surface area contributed by atoms with Gasteiger partial charge in [-0.1, -0.05) is 31.4 Å². The zero-order chi connectivity index (χ0) is 11.2. The van der Waals surface area contributed by atoms with Crippen molar-refractivity contribution in [3.63, 3.8) is 0 Å². The summed E-state index contributed by atoms with van der Waals surface area (Å²) in [6.07, 6.45) is 8.00. The lowest BCUT2D eigenvalue weighted by Crippen LogP contribution is -2.09. The molecule has 2 aliphatic carbocycles. The van der Waals surface area contributed by atoms with Gasteiger partial charge in [-0.25, -0.2) is 4.39 Å². The molecule has 0 heterocycles. The fraction of sp³-hybridized carbons (Fsp3) is 0.600. The van der Waals surface area contributed by atoms with Gasteiger partial charge in [0.1, 0.15) is 5.82 Å². The minimum Gasteiger partial charge on any atom is -0.207 e. The summed E-state index contributed by atoms with van der Waals surface area (Å²) in [5.41, 5.74) is 2.40. The Hall–Kier alpha value is -0.850. The molecule has 2 atom stereocenters. The van der Waals surface area contributed by atoms with Crippen LogP contribution in [-0.2, 0) is 5.41 Å². The Morgan fingerprint density at radius 1 is 1.25 bits per heavy atom. The lowest BCUT2D eigenvalue weighted by Gasteiger charge is -2.16. The molecule has 0 amide bonds. The predicted octanol–water partition coefficient (Wildman–Crippen LogP) is 4.36. The highest BCUT2D eigenvalue weighted by molar-refractivity contribution is 5.36. The lowest BCUT2D eigenvalue weighted by atomic mass is 9.88. The number of hydrogen-bond acceptors (Lipinski definition) is 0. The van der Waals surface area contributed by atoms with Crippen LogP contribution in [0.4, 0.5) is 4.39 Å². The van der Waals surface area contributed by atoms with E-state index in [0.29, 0.717) is 5.41 Å². The highest BCUT2D eigenvalue weighted by atomic mass is 19.1. The van der Waals surface area contributed by atoms with E-state index >= 15 is 0 Å². The second kappa shape index (κ2) is 3.58. The van der Waals surface area contributed by atoms with Crippen molar-refractivity contribution in [1.82, 2.24) is 0 Å². The number of benzene rings is 1. The van der Waals surface area contributed by atoms with Crippen LogP contribution in [0.5, 0.6) is 0 Å². The monoisotopic (exact) mass is 218 g/mol. The van der Waals surface area contributed by atoms with Gasteiger partial charge in [-0.05, 0) is 54.7 Å². The van der Waals surface area contributed by atoms with E-state index in [1.165, 1.54) is 44.1 Å². The molecular weight excluding hydrogens is 199 g/mol. The van der Waals surface area contributed by atoms with E-state index in [4.69, 9.17) is 0 Å². The van der Waals surface area contributed by atoms with Crippen LogP contribution in [0.15, 0.2) is 18.2 Å². The molecule has 16 heavy (non-hydrogen) atoms. The second-order valence-corrected chi connectivity index (χ2v) is 5.62. The molecule has 0 aromatic heterocycles. The molecule has 3 rings (SSSR count). The minimum atomic E-state index is -0.0261. The molecule has 0 nitrogen and oxygen atoms in total. The first kappa shape index (κ1) is 10.3. The van der Waals surface area contributed by atoms with Gasteiger partial charge >= 0.3 is 0 Å². The minimum absolute atomic E-state index is 0.0261. The smallest absolute Gasteiger partial charge is 0.126 e. The summed E-state index contributed by atoms with van der Waals surface area (Å²) in [5.74, 6) is 0.818. The van der Waals surface area contributed by atoms with Crippen molar-refractivity contribution in [2.45, 2.75) is 50.9 Å². The number of halogens is 1. The van der Waals surface area contributed by atoms with Gasteiger partial charge in [0.05, 0.1) is 0 Å². The Bertz CT molecular complexity index is 410. The molecule has 0 bridgehead atoms. The van der Waals surface area contributed by atoms with E-state index in [9.17, 15) is 4.39 Å². The molecule has 0 aliphatic heterocycles. The third-order valence-corrected chi connectivity index (χ3v) is 4.65. The van der Waals surface area contributed by atoms with E-state index < -0.39 is 0 Å². The maximum absolute atomic E-state index is 13.6. The van der Waals surface area contributed by atoms with Gasteiger partial charge in [-0.15, -0.1) is 0 Å². The van der Waals surface area contributed by atoms with E-state index in [-0.39, 0.29) is 5.82 Å². The van der Waals surface area contributed by atoms with Gasteiger partial charge in [0.15, 0.2) is 0 Å². The quantitative estimate of drug-likeness (QED) is 0.657. The van der Waals surface area contributed by atoms with E-state index in [0.717, 1.165) is 11.5 Å². The summed E-state index contributed by atoms with van der Waals surface area (Å²) in [5, 5.41) is 0. The molecule has 2 fully saturated rings. The van der Waals surface area contributed by atoms with E-state index in [1.54, 1.807) is 6.07 Å². The number of hydrogen-bond donors (Lipinski definition) is 0. The van der Waals surface area contributed by atoms with Crippen molar-refractivity contribution < 1.29 is 4.39 Å². The lowest BCUT2D eigenvalue weighted by molar-refractivity contribution is 0.551. The summed E-state index contributed by atoms with van der Waals surface area (Å²) in [7, 11) is 0. The van der Waals surface area contributed by atoms with Crippen LogP contribution in [0, 0.1) is 18.7 Å². The van der Waals surface area contributed by atoms with Crippen LogP contribution in [0.25, 0.3) is 0 Å². The average Bonchev–Trinajstić information content (AvgIpc) is 2.96. The maximum atomic E-state index is 13.6. The van der Waals surface area contributed by atoms with Crippen molar-refractivity contribution in [2.24, 2.45) is 5.92 Å². The summed E-state index contributed by atoms with van der Waals surface area (Å²) in [6.45, 7) is 1.84. The van der Waals surface area contributed by atoms with Gasteiger partial charge in [0.2, 0.25) is 0 Å². The Morgan fingerprint density at radius 3 is 2.94 bits per heavy atom. The Labute approximate surface area is 96.9 Å². The average molecular weight is 218 g/mol. The summed E-state index contributed by atoms with van der Waals surface area (Å²) in [4.78, 5) is 0. The normalized spacial score (nSPS) is 33.0. The maximum Gasteiger partial charge on any atom is 0.126 e. The topological polar surface area (TPSA) is 0 Å². The molecule has 0 saturated heterocycles. The van der Waals surface area contributed by atoms with E-state index in [1.807, 2.05) is 13.0 Å².